The number of rotatable bonds is 5. The minimum atomic E-state index is -2.11. The predicted octanol–water partition coefficient (Wildman–Crippen LogP) is -0.277. The maximum absolute atomic E-state index is 10.4. The second-order valence-electron chi connectivity index (χ2n) is 2.87. The quantitative estimate of drug-likeness (QED) is 0.300. The van der Waals surface area contributed by atoms with Crippen molar-refractivity contribution < 1.29 is 19.8 Å². The molecule has 0 heterocycles. The molecule has 0 radical (unpaired) electrons. The van der Waals surface area contributed by atoms with Crippen LogP contribution in [0.25, 0.3) is 0 Å². The molecule has 14 heavy (non-hydrogen) atoms. The molecule has 0 saturated carbocycles. The van der Waals surface area contributed by atoms with Crippen LogP contribution in [0.5, 0.6) is 0 Å². The summed E-state index contributed by atoms with van der Waals surface area (Å²) in [5.74, 6) is -2.66. The maximum atomic E-state index is 10.4. The van der Waals surface area contributed by atoms with Crippen molar-refractivity contribution >= 4 is 35.1 Å². The third kappa shape index (κ3) is 3.67. The van der Waals surface area contributed by atoms with E-state index < -0.39 is 34.8 Å². The van der Waals surface area contributed by atoms with E-state index >= 15 is 0 Å². The molecule has 0 fully saturated rings. The highest BCUT2D eigenvalue weighted by molar-refractivity contribution is 6.35. The van der Waals surface area contributed by atoms with Crippen molar-refractivity contribution in [2.24, 2.45) is 11.5 Å². The zero-order valence-electron chi connectivity index (χ0n) is 7.04. The maximum Gasteiger partial charge on any atom is 0.305 e. The van der Waals surface area contributed by atoms with E-state index in [2.05, 4.69) is 0 Å². The van der Waals surface area contributed by atoms with E-state index in [1.54, 1.807) is 0 Å². The number of hydrogen-bond acceptors (Lipinski definition) is 4. The molecule has 0 aliphatic heterocycles. The summed E-state index contributed by atoms with van der Waals surface area (Å²) < 4.78 is 0. The molecular formula is C6H10Cl2N2O4. The van der Waals surface area contributed by atoms with Crippen molar-refractivity contribution in [3.63, 3.8) is 0 Å². The lowest BCUT2D eigenvalue weighted by molar-refractivity contribution is -0.140. The van der Waals surface area contributed by atoms with Crippen LogP contribution in [-0.4, -0.2) is 32.1 Å². The molecule has 0 aromatic rings. The highest BCUT2D eigenvalue weighted by Crippen LogP contribution is 2.34. The van der Waals surface area contributed by atoms with Gasteiger partial charge in [-0.3, -0.25) is 21.1 Å². The van der Waals surface area contributed by atoms with E-state index in [4.69, 9.17) is 44.9 Å². The fourth-order valence-electron chi connectivity index (χ4n) is 0.813. The Bertz CT molecular complexity index is 235. The summed E-state index contributed by atoms with van der Waals surface area (Å²) in [6, 6.07) is 0. The first kappa shape index (κ1) is 13.4. The molecular weight excluding hydrogens is 235 g/mol. The van der Waals surface area contributed by atoms with Gasteiger partial charge in [0.05, 0.1) is 12.8 Å². The molecule has 6 nitrogen and oxygen atoms in total. The summed E-state index contributed by atoms with van der Waals surface area (Å²) in [6.07, 6.45) is -1.48. The number of carbonyl (C=O) groups is 2. The number of aliphatic carboxylic acids is 2. The van der Waals surface area contributed by atoms with Gasteiger partial charge in [0, 0.05) is 0 Å². The standard InChI is InChI=1S/C6H10Cl2N2O4/c7-5(1-3(11)12,2-4(13)14)6(8,9)10/h1-2,9-10H2,(H,11,12)(H,13,14). The number of nitrogens with two attached hydrogens (primary N) is 2. The Labute approximate surface area is 89.8 Å². The van der Waals surface area contributed by atoms with Crippen LogP contribution in [0.1, 0.15) is 12.8 Å². The van der Waals surface area contributed by atoms with Crippen LogP contribution in [0, 0.1) is 0 Å². The lowest BCUT2D eigenvalue weighted by Crippen LogP contribution is -2.61. The van der Waals surface area contributed by atoms with Gasteiger partial charge in [-0.05, 0) is 0 Å². The minimum Gasteiger partial charge on any atom is -0.481 e. The van der Waals surface area contributed by atoms with Crippen LogP contribution in [0.15, 0.2) is 0 Å². The van der Waals surface area contributed by atoms with Crippen molar-refractivity contribution in [3.05, 3.63) is 0 Å². The first-order chi connectivity index (χ1) is 6.08. The molecule has 0 aromatic heterocycles. The van der Waals surface area contributed by atoms with E-state index in [-0.39, 0.29) is 0 Å². The van der Waals surface area contributed by atoms with Gasteiger partial charge in [0.2, 0.25) is 0 Å². The molecule has 6 N–H and O–H groups in total. The topological polar surface area (TPSA) is 127 Å². The van der Waals surface area contributed by atoms with Crippen LogP contribution in [-0.2, 0) is 9.59 Å². The predicted molar refractivity (Wildman–Crippen MR) is 50.0 cm³/mol. The Kier molecular flexibility index (Phi) is 4.14. The molecule has 82 valence electrons. The highest BCUT2D eigenvalue weighted by atomic mass is 35.5. The number of carboxylic acid groups (broad SMARTS) is 2. The summed E-state index contributed by atoms with van der Waals surface area (Å²) in [5, 5.41) is 14.9. The van der Waals surface area contributed by atoms with Crippen LogP contribution in [0.2, 0.25) is 0 Å². The van der Waals surface area contributed by atoms with Crippen molar-refractivity contribution in [1.29, 1.82) is 0 Å². The van der Waals surface area contributed by atoms with Gasteiger partial charge < -0.3 is 10.2 Å². The largest absolute Gasteiger partial charge is 0.481 e. The third-order valence-electron chi connectivity index (χ3n) is 1.55. The molecule has 8 heteroatoms. The first-order valence-corrected chi connectivity index (χ1v) is 4.23. The molecule has 0 bridgehead atoms. The van der Waals surface area contributed by atoms with E-state index in [0.717, 1.165) is 0 Å². The lowest BCUT2D eigenvalue weighted by atomic mass is 9.97. The highest BCUT2D eigenvalue weighted by Gasteiger charge is 2.47. The first-order valence-electron chi connectivity index (χ1n) is 3.47. The Morgan fingerprint density at radius 1 is 1.07 bits per heavy atom. The smallest absolute Gasteiger partial charge is 0.305 e. The molecule has 0 amide bonds. The molecule has 0 aliphatic carbocycles. The summed E-state index contributed by atoms with van der Waals surface area (Å²) in [5.41, 5.74) is 10.4. The second kappa shape index (κ2) is 4.31. The molecule has 0 atom stereocenters. The number of carboxylic acids is 2. The third-order valence-corrected chi connectivity index (χ3v) is 2.59. The van der Waals surface area contributed by atoms with Crippen molar-refractivity contribution in [1.82, 2.24) is 0 Å². The van der Waals surface area contributed by atoms with E-state index in [1.165, 1.54) is 0 Å². The van der Waals surface area contributed by atoms with Gasteiger partial charge in [-0.1, -0.05) is 11.6 Å². The van der Waals surface area contributed by atoms with Gasteiger partial charge in [-0.25, -0.2) is 0 Å². The Morgan fingerprint density at radius 3 is 1.50 bits per heavy atom. The van der Waals surface area contributed by atoms with E-state index in [9.17, 15) is 9.59 Å². The Morgan fingerprint density at radius 2 is 1.36 bits per heavy atom. The average Bonchev–Trinajstić information content (AvgIpc) is 1.78. The number of alkyl halides is 2. The molecule has 0 spiro atoms. The van der Waals surface area contributed by atoms with Crippen LogP contribution >= 0.6 is 23.2 Å². The van der Waals surface area contributed by atoms with Crippen LogP contribution in [0.4, 0.5) is 0 Å². The fourth-order valence-corrected chi connectivity index (χ4v) is 1.18. The average molecular weight is 245 g/mol. The lowest BCUT2D eigenvalue weighted by Gasteiger charge is -2.34. The monoisotopic (exact) mass is 244 g/mol. The Hall–Kier alpha value is -0.560. The number of hydrogen-bond donors (Lipinski definition) is 4. The fraction of sp³-hybridized carbons (Fsp3) is 0.667. The van der Waals surface area contributed by atoms with E-state index in [0.29, 0.717) is 0 Å². The summed E-state index contributed by atoms with van der Waals surface area (Å²) in [7, 11) is 0. The molecule has 0 aromatic carbocycles. The summed E-state index contributed by atoms with van der Waals surface area (Å²) >= 11 is 11.1. The van der Waals surface area contributed by atoms with E-state index in [1.807, 2.05) is 0 Å². The van der Waals surface area contributed by atoms with Crippen molar-refractivity contribution in [2.75, 3.05) is 0 Å². The summed E-state index contributed by atoms with van der Waals surface area (Å²) in [4.78, 5) is 18.9. The summed E-state index contributed by atoms with van der Waals surface area (Å²) in [6.45, 7) is 0. The van der Waals surface area contributed by atoms with Gasteiger partial charge in [0.25, 0.3) is 0 Å². The molecule has 0 saturated heterocycles. The van der Waals surface area contributed by atoms with Gasteiger partial charge in [0.1, 0.15) is 4.87 Å². The van der Waals surface area contributed by atoms with Crippen LogP contribution < -0.4 is 11.5 Å². The zero-order valence-corrected chi connectivity index (χ0v) is 8.55. The Balaban J connectivity index is 4.85. The molecule has 0 rings (SSSR count). The number of halogens is 2. The van der Waals surface area contributed by atoms with Crippen molar-refractivity contribution in [3.8, 4) is 0 Å². The second-order valence-corrected chi connectivity index (χ2v) is 4.22. The van der Waals surface area contributed by atoms with Crippen LogP contribution in [0.3, 0.4) is 0 Å². The van der Waals surface area contributed by atoms with Gasteiger partial charge >= 0.3 is 11.9 Å². The van der Waals surface area contributed by atoms with Gasteiger partial charge in [-0.15, -0.1) is 11.6 Å². The van der Waals surface area contributed by atoms with Gasteiger partial charge in [-0.2, -0.15) is 0 Å². The molecule has 0 unspecified atom stereocenters. The normalized spacial score (nSPS) is 12.6. The molecule has 0 aliphatic rings. The van der Waals surface area contributed by atoms with Gasteiger partial charge in [0.15, 0.2) is 5.12 Å². The SMILES string of the molecule is NC(N)(Cl)C(Cl)(CC(=O)O)CC(=O)O. The minimum absolute atomic E-state index is 0.739. The zero-order chi connectivity index (χ0) is 11.6. The van der Waals surface area contributed by atoms with Crippen molar-refractivity contribution in [2.45, 2.75) is 22.8 Å².